The van der Waals surface area contributed by atoms with E-state index in [0.29, 0.717) is 36.4 Å². The Morgan fingerprint density at radius 2 is 1.42 bits per heavy atom. The maximum absolute atomic E-state index is 7.29. The molecule has 1 aromatic carbocycles. The Morgan fingerprint density at radius 1 is 0.868 bits per heavy atom. The molecule has 0 saturated carbocycles. The van der Waals surface area contributed by atoms with Gasteiger partial charge in [0.25, 0.3) is 0 Å². The van der Waals surface area contributed by atoms with Crippen molar-refractivity contribution in [3.63, 3.8) is 0 Å². The summed E-state index contributed by atoms with van der Waals surface area (Å²) in [7, 11) is -2.36. The van der Waals surface area contributed by atoms with Crippen LogP contribution in [0.5, 0.6) is 5.75 Å². The van der Waals surface area contributed by atoms with E-state index < -0.39 is 16.6 Å². The molecule has 0 spiro atoms. The Balaban J connectivity index is 3.05. The van der Waals surface area contributed by atoms with E-state index in [1.54, 1.807) is 7.11 Å². The summed E-state index contributed by atoms with van der Waals surface area (Å²) in [5.41, 5.74) is 2.60. The third kappa shape index (κ3) is 9.90. The van der Waals surface area contributed by atoms with Crippen LogP contribution >= 0.6 is 0 Å². The first-order chi connectivity index (χ1) is 17.6. The van der Waals surface area contributed by atoms with Crippen LogP contribution in [-0.2, 0) is 24.9 Å². The Labute approximate surface area is 236 Å². The minimum atomic E-state index is -2.10. The Bertz CT molecular complexity index is 778. The molecule has 0 fully saturated rings. The second-order valence-corrected chi connectivity index (χ2v) is 23.2. The third-order valence-electron chi connectivity index (χ3n) is 8.38. The lowest BCUT2D eigenvalue weighted by Gasteiger charge is -2.46. The summed E-state index contributed by atoms with van der Waals surface area (Å²) in [5.74, 6) is 0.932. The Hall–Kier alpha value is -0.966. The van der Waals surface area contributed by atoms with E-state index in [-0.39, 0.29) is 23.9 Å². The van der Waals surface area contributed by atoms with Crippen molar-refractivity contribution in [3.05, 3.63) is 42.5 Å². The number of benzene rings is 1. The molecule has 0 radical (unpaired) electrons. The lowest BCUT2D eigenvalue weighted by molar-refractivity contribution is -0.0878. The fourth-order valence-electron chi connectivity index (χ4n) is 5.11. The first kappa shape index (κ1) is 35.1. The number of methoxy groups -OCH3 is 1. The van der Waals surface area contributed by atoms with Crippen molar-refractivity contribution in [2.45, 2.75) is 116 Å². The van der Waals surface area contributed by atoms with Crippen LogP contribution in [0, 0.1) is 5.92 Å². The standard InChI is InChI=1S/C31H58O5Si2/c1-14-15-30(36-38(24(2)3,25(4)5)26(6)7)28(22-35-37(12,13)31(8,9)10)21-34-23-33-20-27-16-18-29(32-11)19-17-27/h14,16-19,24-26,28,30H,1,15,20-23H2,2-13H3/t28-,30-/m0/s1. The molecule has 1 aromatic rings. The van der Waals surface area contributed by atoms with Crippen LogP contribution in [0.1, 0.15) is 74.3 Å². The molecule has 220 valence electrons. The molecule has 0 heterocycles. The number of rotatable bonds is 18. The molecule has 38 heavy (non-hydrogen) atoms. The predicted molar refractivity (Wildman–Crippen MR) is 166 cm³/mol. The number of ether oxygens (including phenoxy) is 3. The van der Waals surface area contributed by atoms with Gasteiger partial charge in [-0.25, -0.2) is 0 Å². The molecule has 0 aliphatic rings. The Morgan fingerprint density at radius 3 is 1.87 bits per heavy atom. The summed E-state index contributed by atoms with van der Waals surface area (Å²) in [5, 5.41) is 0.140. The zero-order valence-electron chi connectivity index (χ0n) is 26.6. The summed E-state index contributed by atoms with van der Waals surface area (Å²) < 4.78 is 31.2. The van der Waals surface area contributed by atoms with Crippen molar-refractivity contribution in [1.29, 1.82) is 0 Å². The molecular formula is C31H58O5Si2. The van der Waals surface area contributed by atoms with Crippen LogP contribution in [0.3, 0.4) is 0 Å². The molecule has 0 aliphatic heterocycles. The van der Waals surface area contributed by atoms with E-state index >= 15 is 0 Å². The summed E-state index contributed by atoms with van der Waals surface area (Å²) >= 11 is 0. The molecule has 7 heteroatoms. The smallest absolute Gasteiger partial charge is 0.200 e. The average Bonchev–Trinajstić information content (AvgIpc) is 2.82. The highest BCUT2D eigenvalue weighted by Gasteiger charge is 2.48. The van der Waals surface area contributed by atoms with Gasteiger partial charge < -0.3 is 23.1 Å². The average molecular weight is 567 g/mol. The van der Waals surface area contributed by atoms with Gasteiger partial charge in [-0.3, -0.25) is 0 Å². The zero-order valence-corrected chi connectivity index (χ0v) is 28.6. The molecule has 2 atom stereocenters. The van der Waals surface area contributed by atoms with Gasteiger partial charge in [0.2, 0.25) is 8.32 Å². The highest BCUT2D eigenvalue weighted by Crippen LogP contribution is 2.44. The van der Waals surface area contributed by atoms with Crippen molar-refractivity contribution in [3.8, 4) is 5.75 Å². The van der Waals surface area contributed by atoms with Crippen molar-refractivity contribution >= 4 is 16.6 Å². The van der Waals surface area contributed by atoms with E-state index in [2.05, 4.69) is 82.0 Å². The van der Waals surface area contributed by atoms with Crippen molar-refractivity contribution in [1.82, 2.24) is 0 Å². The van der Waals surface area contributed by atoms with Crippen molar-refractivity contribution in [2.24, 2.45) is 5.92 Å². The molecule has 0 saturated heterocycles. The SMILES string of the molecule is C=CC[C@H](O[Si](C(C)C)(C(C)C)C(C)C)[C@@H](COCOCc1ccc(OC)cc1)CO[Si](C)(C)C(C)(C)C. The number of hydrogen-bond donors (Lipinski definition) is 0. The fraction of sp³-hybridized carbons (Fsp3) is 0.742. The summed E-state index contributed by atoms with van der Waals surface area (Å²) in [4.78, 5) is 0. The van der Waals surface area contributed by atoms with Gasteiger partial charge in [0.15, 0.2) is 8.32 Å². The van der Waals surface area contributed by atoms with E-state index in [4.69, 9.17) is 23.1 Å². The van der Waals surface area contributed by atoms with Crippen LogP contribution in [0.15, 0.2) is 36.9 Å². The maximum atomic E-state index is 7.29. The largest absolute Gasteiger partial charge is 0.497 e. The van der Waals surface area contributed by atoms with Crippen LogP contribution in [0.4, 0.5) is 0 Å². The van der Waals surface area contributed by atoms with Gasteiger partial charge >= 0.3 is 0 Å². The second-order valence-electron chi connectivity index (χ2n) is 13.0. The fourth-order valence-corrected chi connectivity index (χ4v) is 11.8. The predicted octanol–water partition coefficient (Wildman–Crippen LogP) is 8.96. The summed E-state index contributed by atoms with van der Waals surface area (Å²) in [6.07, 6.45) is 2.77. The van der Waals surface area contributed by atoms with Gasteiger partial charge in [0, 0.05) is 12.5 Å². The molecule has 0 amide bonds. The molecule has 1 rings (SSSR count). The Kier molecular flexibility index (Phi) is 14.5. The van der Waals surface area contributed by atoms with E-state index in [1.165, 1.54) is 0 Å². The molecular weight excluding hydrogens is 509 g/mol. The molecule has 0 aromatic heterocycles. The second kappa shape index (κ2) is 15.7. The van der Waals surface area contributed by atoms with Gasteiger partial charge in [-0.2, -0.15) is 0 Å². The quantitative estimate of drug-likeness (QED) is 0.0768. The van der Waals surface area contributed by atoms with Gasteiger partial charge in [0.1, 0.15) is 12.5 Å². The van der Waals surface area contributed by atoms with E-state index in [9.17, 15) is 0 Å². The highest BCUT2D eigenvalue weighted by molar-refractivity contribution is 6.77. The van der Waals surface area contributed by atoms with Crippen LogP contribution in [-0.4, -0.2) is 49.9 Å². The van der Waals surface area contributed by atoms with Gasteiger partial charge in [-0.05, 0) is 58.9 Å². The van der Waals surface area contributed by atoms with Crippen LogP contribution < -0.4 is 4.74 Å². The summed E-state index contributed by atoms with van der Waals surface area (Å²) in [6.45, 7) is 31.4. The van der Waals surface area contributed by atoms with Gasteiger partial charge in [-0.15, -0.1) is 6.58 Å². The molecule has 0 aliphatic carbocycles. The highest BCUT2D eigenvalue weighted by atomic mass is 28.4. The van der Waals surface area contributed by atoms with Crippen LogP contribution in [0.2, 0.25) is 34.8 Å². The zero-order chi connectivity index (χ0) is 29.1. The third-order valence-corrected chi connectivity index (χ3v) is 19.0. The summed E-state index contributed by atoms with van der Waals surface area (Å²) in [6, 6.07) is 7.91. The van der Waals surface area contributed by atoms with Gasteiger partial charge in [-0.1, -0.05) is 80.5 Å². The lowest BCUT2D eigenvalue weighted by atomic mass is 10.0. The topological polar surface area (TPSA) is 46.2 Å². The molecule has 5 nitrogen and oxygen atoms in total. The minimum Gasteiger partial charge on any atom is -0.497 e. The van der Waals surface area contributed by atoms with Gasteiger partial charge in [0.05, 0.1) is 26.4 Å². The maximum Gasteiger partial charge on any atom is 0.200 e. The molecule has 0 bridgehead atoms. The van der Waals surface area contributed by atoms with Crippen LogP contribution in [0.25, 0.3) is 0 Å². The number of hydrogen-bond acceptors (Lipinski definition) is 5. The normalized spacial score (nSPS) is 14.8. The first-order valence-electron chi connectivity index (χ1n) is 14.3. The minimum absolute atomic E-state index is 0.00211. The molecule has 0 unspecified atom stereocenters. The van der Waals surface area contributed by atoms with E-state index in [1.807, 2.05) is 30.3 Å². The van der Waals surface area contributed by atoms with E-state index in [0.717, 1.165) is 17.7 Å². The molecule has 0 N–H and O–H groups in total. The van der Waals surface area contributed by atoms with Crippen molar-refractivity contribution < 1.29 is 23.1 Å². The lowest BCUT2D eigenvalue weighted by Crippen LogP contribution is -2.53. The van der Waals surface area contributed by atoms with Crippen molar-refractivity contribution in [2.75, 3.05) is 27.1 Å². The monoisotopic (exact) mass is 566 g/mol. The first-order valence-corrected chi connectivity index (χ1v) is 19.4.